The maximum absolute atomic E-state index is 5.64. The Bertz CT molecular complexity index is 308. The van der Waals surface area contributed by atoms with Crippen LogP contribution < -0.4 is 5.73 Å². The number of allylic oxidation sites excluding steroid dienone is 2. The van der Waals surface area contributed by atoms with Crippen LogP contribution in [0.3, 0.4) is 0 Å². The zero-order valence-corrected chi connectivity index (χ0v) is 14.0. The summed E-state index contributed by atoms with van der Waals surface area (Å²) in [4.78, 5) is 0. The van der Waals surface area contributed by atoms with Crippen LogP contribution in [-0.2, 0) is 9.47 Å². The molecule has 0 spiro atoms. The Labute approximate surface area is 125 Å². The summed E-state index contributed by atoms with van der Waals surface area (Å²) in [5, 5.41) is 0. The number of rotatable bonds is 11. The lowest BCUT2D eigenvalue weighted by molar-refractivity contribution is 0.212. The van der Waals surface area contributed by atoms with Gasteiger partial charge in [-0.1, -0.05) is 26.7 Å². The highest BCUT2D eigenvalue weighted by atomic mass is 16.5. The van der Waals surface area contributed by atoms with Crippen molar-refractivity contribution in [2.24, 2.45) is 11.7 Å². The highest BCUT2D eigenvalue weighted by Gasteiger charge is 2.18. The first kappa shape index (κ1) is 19.0. The Morgan fingerprint density at radius 3 is 2.30 bits per heavy atom. The van der Waals surface area contributed by atoms with Gasteiger partial charge >= 0.3 is 0 Å². The normalized spacial score (nSPS) is 14.8. The minimum Gasteiger partial charge on any atom is -0.493 e. The molecule has 0 rings (SSSR count). The molecule has 0 aromatic rings. The Morgan fingerprint density at radius 1 is 1.15 bits per heavy atom. The molecule has 0 aromatic heterocycles. The summed E-state index contributed by atoms with van der Waals surface area (Å²) in [6, 6.07) is 0. The topological polar surface area (TPSA) is 44.5 Å². The third-order valence-electron chi connectivity index (χ3n) is 3.69. The van der Waals surface area contributed by atoms with Crippen LogP contribution in [0.25, 0.3) is 0 Å². The van der Waals surface area contributed by atoms with Crippen molar-refractivity contribution in [1.82, 2.24) is 0 Å². The van der Waals surface area contributed by atoms with E-state index in [0.717, 1.165) is 37.3 Å². The molecule has 0 saturated carbocycles. The number of unbranched alkanes of at least 4 members (excludes halogenated alkanes) is 2. The predicted octanol–water partition coefficient (Wildman–Crippen LogP) is 4.39. The molecular formula is C17H33NO2. The van der Waals surface area contributed by atoms with Gasteiger partial charge in [-0.3, -0.25) is 0 Å². The summed E-state index contributed by atoms with van der Waals surface area (Å²) in [6.45, 7) is 7.25. The van der Waals surface area contributed by atoms with Crippen LogP contribution in [0.4, 0.5) is 0 Å². The van der Waals surface area contributed by atoms with Gasteiger partial charge in [0, 0.05) is 0 Å². The summed E-state index contributed by atoms with van der Waals surface area (Å²) < 4.78 is 11.1. The number of methoxy groups -OCH3 is 2. The second-order valence-corrected chi connectivity index (χ2v) is 5.20. The van der Waals surface area contributed by atoms with Crippen LogP contribution in [0.2, 0.25) is 0 Å². The van der Waals surface area contributed by atoms with E-state index in [1.807, 2.05) is 13.0 Å². The summed E-state index contributed by atoms with van der Waals surface area (Å²) in [5.41, 5.74) is 6.96. The maximum atomic E-state index is 5.64. The van der Waals surface area contributed by atoms with Crippen LogP contribution in [0.5, 0.6) is 0 Å². The highest BCUT2D eigenvalue weighted by Crippen LogP contribution is 2.29. The van der Waals surface area contributed by atoms with Gasteiger partial charge < -0.3 is 15.2 Å². The molecule has 0 heterocycles. The Balaban J connectivity index is 5.14. The summed E-state index contributed by atoms with van der Waals surface area (Å²) in [6.07, 6.45) is 8.83. The fraction of sp³-hybridized carbons (Fsp3) is 0.765. The SMILES string of the molecule is CC=C(OC)C(OC)=C(CCCC)C(C)CCCCN. The lowest BCUT2D eigenvalue weighted by Crippen LogP contribution is -2.09. The van der Waals surface area contributed by atoms with Gasteiger partial charge in [-0.05, 0) is 56.7 Å². The van der Waals surface area contributed by atoms with E-state index in [2.05, 4.69) is 13.8 Å². The standard InChI is InChI=1S/C17H33NO2/c1-6-8-12-15(14(3)11-9-10-13-18)17(20-5)16(7-2)19-4/h7,14H,6,8-13,18H2,1-5H3. The van der Waals surface area contributed by atoms with E-state index in [0.29, 0.717) is 5.92 Å². The van der Waals surface area contributed by atoms with Crippen molar-refractivity contribution in [2.45, 2.75) is 59.3 Å². The summed E-state index contributed by atoms with van der Waals surface area (Å²) in [5.74, 6) is 2.26. The van der Waals surface area contributed by atoms with E-state index < -0.39 is 0 Å². The van der Waals surface area contributed by atoms with E-state index in [1.54, 1.807) is 14.2 Å². The van der Waals surface area contributed by atoms with Crippen molar-refractivity contribution < 1.29 is 9.47 Å². The van der Waals surface area contributed by atoms with Crippen molar-refractivity contribution in [3.63, 3.8) is 0 Å². The Morgan fingerprint density at radius 2 is 1.85 bits per heavy atom. The van der Waals surface area contributed by atoms with Gasteiger partial charge in [0.05, 0.1) is 14.2 Å². The molecule has 0 aromatic carbocycles. The molecule has 2 N–H and O–H groups in total. The summed E-state index contributed by atoms with van der Waals surface area (Å²) >= 11 is 0. The first-order valence-electron chi connectivity index (χ1n) is 7.83. The second-order valence-electron chi connectivity index (χ2n) is 5.20. The molecule has 0 aliphatic rings. The molecule has 0 aliphatic carbocycles. The minimum atomic E-state index is 0.508. The van der Waals surface area contributed by atoms with E-state index in [9.17, 15) is 0 Å². The minimum absolute atomic E-state index is 0.508. The van der Waals surface area contributed by atoms with Crippen molar-refractivity contribution in [2.75, 3.05) is 20.8 Å². The third-order valence-corrected chi connectivity index (χ3v) is 3.69. The lowest BCUT2D eigenvalue weighted by Gasteiger charge is -2.21. The van der Waals surface area contributed by atoms with Gasteiger partial charge in [-0.2, -0.15) is 0 Å². The van der Waals surface area contributed by atoms with E-state index in [1.165, 1.54) is 24.8 Å². The van der Waals surface area contributed by atoms with E-state index in [4.69, 9.17) is 15.2 Å². The van der Waals surface area contributed by atoms with E-state index in [-0.39, 0.29) is 0 Å². The quantitative estimate of drug-likeness (QED) is 0.347. The van der Waals surface area contributed by atoms with Crippen molar-refractivity contribution in [3.05, 3.63) is 23.2 Å². The lowest BCUT2D eigenvalue weighted by atomic mass is 9.90. The summed E-state index contributed by atoms with van der Waals surface area (Å²) in [7, 11) is 3.43. The zero-order chi connectivity index (χ0) is 15.4. The Kier molecular flexibility index (Phi) is 11.3. The number of hydrogen-bond acceptors (Lipinski definition) is 3. The fourth-order valence-corrected chi connectivity index (χ4v) is 2.45. The molecule has 0 aliphatic heterocycles. The van der Waals surface area contributed by atoms with Gasteiger partial charge in [0.2, 0.25) is 0 Å². The second kappa shape index (κ2) is 11.8. The van der Waals surface area contributed by atoms with E-state index >= 15 is 0 Å². The molecule has 0 bridgehead atoms. The number of nitrogens with two attached hydrogens (primary N) is 1. The molecule has 0 fully saturated rings. The molecule has 3 heteroatoms. The zero-order valence-electron chi connectivity index (χ0n) is 14.0. The average molecular weight is 283 g/mol. The monoisotopic (exact) mass is 283 g/mol. The molecule has 1 unspecified atom stereocenters. The highest BCUT2D eigenvalue weighted by molar-refractivity contribution is 5.27. The van der Waals surface area contributed by atoms with Crippen molar-refractivity contribution in [1.29, 1.82) is 0 Å². The first-order valence-corrected chi connectivity index (χ1v) is 7.83. The van der Waals surface area contributed by atoms with Gasteiger partial charge in [0.1, 0.15) is 0 Å². The fourth-order valence-electron chi connectivity index (χ4n) is 2.45. The largest absolute Gasteiger partial charge is 0.493 e. The molecule has 118 valence electrons. The van der Waals surface area contributed by atoms with Crippen LogP contribution in [-0.4, -0.2) is 20.8 Å². The van der Waals surface area contributed by atoms with Crippen molar-refractivity contribution in [3.8, 4) is 0 Å². The molecular weight excluding hydrogens is 250 g/mol. The van der Waals surface area contributed by atoms with Crippen LogP contribution in [0.1, 0.15) is 59.3 Å². The molecule has 1 atom stereocenters. The molecule has 0 amide bonds. The van der Waals surface area contributed by atoms with Crippen LogP contribution >= 0.6 is 0 Å². The predicted molar refractivity (Wildman–Crippen MR) is 86.4 cm³/mol. The third kappa shape index (κ3) is 6.47. The Hall–Kier alpha value is -0.960. The van der Waals surface area contributed by atoms with Gasteiger partial charge in [0.15, 0.2) is 11.5 Å². The maximum Gasteiger partial charge on any atom is 0.159 e. The van der Waals surface area contributed by atoms with Crippen LogP contribution in [0.15, 0.2) is 23.2 Å². The van der Waals surface area contributed by atoms with Gasteiger partial charge in [-0.15, -0.1) is 0 Å². The average Bonchev–Trinajstić information content (AvgIpc) is 2.46. The smallest absolute Gasteiger partial charge is 0.159 e. The molecule has 0 radical (unpaired) electrons. The molecule has 3 nitrogen and oxygen atoms in total. The number of ether oxygens (including phenoxy) is 2. The van der Waals surface area contributed by atoms with Gasteiger partial charge in [0.25, 0.3) is 0 Å². The van der Waals surface area contributed by atoms with Crippen LogP contribution in [0, 0.1) is 5.92 Å². The van der Waals surface area contributed by atoms with Crippen molar-refractivity contribution >= 4 is 0 Å². The number of hydrogen-bond donors (Lipinski definition) is 1. The molecule has 20 heavy (non-hydrogen) atoms. The first-order chi connectivity index (χ1) is 9.65. The molecule has 0 saturated heterocycles. The van der Waals surface area contributed by atoms with Gasteiger partial charge in [-0.25, -0.2) is 0 Å².